The Balaban J connectivity index is 1.47. The van der Waals surface area contributed by atoms with Gasteiger partial charge in [-0.3, -0.25) is 14.7 Å². The van der Waals surface area contributed by atoms with Gasteiger partial charge in [0.2, 0.25) is 0 Å². The monoisotopic (exact) mass is 442 g/mol. The molecule has 0 spiro atoms. The number of amides is 1. The lowest BCUT2D eigenvalue weighted by molar-refractivity contribution is -0.122. The van der Waals surface area contributed by atoms with Crippen molar-refractivity contribution in [3.8, 4) is 0 Å². The number of allylic oxidation sites excluding steroid dienone is 6. The van der Waals surface area contributed by atoms with Crippen molar-refractivity contribution in [3.63, 3.8) is 0 Å². The zero-order valence-electron chi connectivity index (χ0n) is 19.5. The summed E-state index contributed by atoms with van der Waals surface area (Å²) in [6.45, 7) is 8.11. The van der Waals surface area contributed by atoms with Crippen LogP contribution in [-0.2, 0) is 11.2 Å². The zero-order chi connectivity index (χ0) is 22.9. The van der Waals surface area contributed by atoms with Gasteiger partial charge in [0.25, 0.3) is 5.91 Å². The highest BCUT2D eigenvalue weighted by Gasteiger charge is 2.23. The van der Waals surface area contributed by atoms with Crippen molar-refractivity contribution < 1.29 is 4.79 Å². The second-order valence-corrected chi connectivity index (χ2v) is 8.87. The van der Waals surface area contributed by atoms with Gasteiger partial charge in [-0.15, -0.1) is 0 Å². The third-order valence-corrected chi connectivity index (χ3v) is 6.33. The van der Waals surface area contributed by atoms with Crippen LogP contribution in [0, 0.1) is 6.92 Å². The number of hydrogen-bond donors (Lipinski definition) is 0. The maximum absolute atomic E-state index is 13.3. The molecule has 7 heteroatoms. The van der Waals surface area contributed by atoms with E-state index in [2.05, 4.69) is 29.8 Å². The van der Waals surface area contributed by atoms with E-state index in [0.717, 1.165) is 78.6 Å². The Bertz CT molecular complexity index is 1240. The highest BCUT2D eigenvalue weighted by Crippen LogP contribution is 2.26. The van der Waals surface area contributed by atoms with Gasteiger partial charge in [0.15, 0.2) is 0 Å². The lowest BCUT2D eigenvalue weighted by Crippen LogP contribution is -2.44. The quantitative estimate of drug-likeness (QED) is 0.727. The number of carbonyl (C=O) groups is 1. The van der Waals surface area contributed by atoms with E-state index < -0.39 is 0 Å². The minimum atomic E-state index is -0.0725. The standard InChI is InChI=1S/C26H30N6O/c1-4-6-23-25-16-24(28-32(25)17-19(2)27-23)20-7-5-8-21-9-10-22(18-31(21)26(33)15-20)30-13-11-29(3)12-14-30/h5,7-10,15-18H,4,6,11-14H2,1-3H3/b7-5+,20-15+,21-8+. The number of nitrogens with zero attached hydrogens (tertiary/aromatic N) is 6. The Labute approximate surface area is 194 Å². The normalized spacial score (nSPS) is 23.4. The number of carbonyl (C=O) groups excluding carboxylic acids is 1. The zero-order valence-corrected chi connectivity index (χ0v) is 19.5. The molecule has 33 heavy (non-hydrogen) atoms. The molecular formula is C26H30N6O. The van der Waals surface area contributed by atoms with Gasteiger partial charge in [-0.2, -0.15) is 5.10 Å². The Morgan fingerprint density at radius 1 is 1.06 bits per heavy atom. The fourth-order valence-electron chi connectivity index (χ4n) is 4.49. The van der Waals surface area contributed by atoms with Gasteiger partial charge in [0.05, 0.1) is 34.5 Å². The van der Waals surface area contributed by atoms with Crippen molar-refractivity contribution in [2.24, 2.45) is 0 Å². The van der Waals surface area contributed by atoms with E-state index in [1.165, 1.54) is 0 Å². The number of likely N-dealkylation sites (N-methyl/N-ethyl adjacent to an activating group) is 1. The van der Waals surface area contributed by atoms with E-state index in [9.17, 15) is 4.79 Å². The van der Waals surface area contributed by atoms with Crippen LogP contribution >= 0.6 is 0 Å². The van der Waals surface area contributed by atoms with Crippen LogP contribution in [0.2, 0.25) is 0 Å². The third-order valence-electron chi connectivity index (χ3n) is 6.33. The van der Waals surface area contributed by atoms with Crippen LogP contribution in [-0.4, -0.2) is 68.4 Å². The minimum Gasteiger partial charge on any atom is -0.368 e. The number of fused-ring (bicyclic) bond motifs is 2. The third kappa shape index (κ3) is 4.28. The smallest absolute Gasteiger partial charge is 0.255 e. The molecule has 170 valence electrons. The van der Waals surface area contributed by atoms with Gasteiger partial charge in [-0.05, 0) is 44.7 Å². The largest absolute Gasteiger partial charge is 0.368 e. The summed E-state index contributed by atoms with van der Waals surface area (Å²) < 4.78 is 1.89. The first-order valence-corrected chi connectivity index (χ1v) is 11.6. The average Bonchev–Trinajstić information content (AvgIpc) is 3.22. The second-order valence-electron chi connectivity index (χ2n) is 8.87. The summed E-state index contributed by atoms with van der Waals surface area (Å²) in [6.07, 6.45) is 17.5. The molecule has 1 fully saturated rings. The molecule has 0 aliphatic carbocycles. The van der Waals surface area contributed by atoms with Crippen molar-refractivity contribution in [2.75, 3.05) is 33.2 Å². The molecule has 3 aliphatic heterocycles. The van der Waals surface area contributed by atoms with Crippen LogP contribution in [0.3, 0.4) is 0 Å². The molecule has 1 amide bonds. The molecule has 2 aromatic rings. The highest BCUT2D eigenvalue weighted by atomic mass is 16.2. The molecule has 0 atom stereocenters. The molecule has 0 saturated carbocycles. The first kappa shape index (κ1) is 21.4. The molecule has 0 unspecified atom stereocenters. The topological polar surface area (TPSA) is 57.0 Å². The summed E-state index contributed by atoms with van der Waals surface area (Å²) in [5.74, 6) is -0.0725. The first-order valence-electron chi connectivity index (χ1n) is 11.6. The summed E-state index contributed by atoms with van der Waals surface area (Å²) in [5, 5.41) is 4.77. The number of aromatic nitrogens is 3. The molecule has 1 saturated heterocycles. The summed E-state index contributed by atoms with van der Waals surface area (Å²) in [5.41, 5.74) is 6.49. The summed E-state index contributed by atoms with van der Waals surface area (Å²) >= 11 is 0. The number of hydrogen-bond acceptors (Lipinski definition) is 5. The van der Waals surface area contributed by atoms with Crippen LogP contribution < -0.4 is 0 Å². The molecule has 7 nitrogen and oxygen atoms in total. The Morgan fingerprint density at radius 2 is 1.85 bits per heavy atom. The van der Waals surface area contributed by atoms with Crippen LogP contribution in [0.5, 0.6) is 0 Å². The van der Waals surface area contributed by atoms with Crippen molar-refractivity contribution in [3.05, 3.63) is 83.4 Å². The Kier molecular flexibility index (Phi) is 5.72. The van der Waals surface area contributed by atoms with E-state index in [1.807, 2.05) is 54.2 Å². The van der Waals surface area contributed by atoms with E-state index in [-0.39, 0.29) is 5.91 Å². The fourth-order valence-corrected chi connectivity index (χ4v) is 4.49. The van der Waals surface area contributed by atoms with E-state index in [0.29, 0.717) is 0 Å². The lowest BCUT2D eigenvalue weighted by atomic mass is 10.1. The maximum atomic E-state index is 13.3. The van der Waals surface area contributed by atoms with Crippen molar-refractivity contribution in [1.82, 2.24) is 29.3 Å². The highest BCUT2D eigenvalue weighted by molar-refractivity contribution is 5.99. The molecule has 5 heterocycles. The predicted octanol–water partition coefficient (Wildman–Crippen LogP) is 3.31. The van der Waals surface area contributed by atoms with E-state index >= 15 is 0 Å². The van der Waals surface area contributed by atoms with Gasteiger partial charge in [0, 0.05) is 49.7 Å². The van der Waals surface area contributed by atoms with Gasteiger partial charge in [-0.25, -0.2) is 4.52 Å². The SMILES string of the molecule is CCCc1nc(C)cn2nc(C3=C\C(=O)N4C=C(N5CCN(C)CC5)C=C\C4=C/C=C/3)cc12. The average molecular weight is 443 g/mol. The molecule has 0 radical (unpaired) electrons. The van der Waals surface area contributed by atoms with E-state index in [4.69, 9.17) is 10.1 Å². The summed E-state index contributed by atoms with van der Waals surface area (Å²) in [4.78, 5) is 24.4. The van der Waals surface area contributed by atoms with Gasteiger partial charge in [-0.1, -0.05) is 25.5 Å². The predicted molar refractivity (Wildman–Crippen MR) is 130 cm³/mol. The molecule has 5 rings (SSSR count). The van der Waals surface area contributed by atoms with Crippen LogP contribution in [0.1, 0.15) is 30.4 Å². The van der Waals surface area contributed by atoms with E-state index in [1.54, 1.807) is 11.0 Å². The Hall–Kier alpha value is -3.45. The Morgan fingerprint density at radius 3 is 2.64 bits per heavy atom. The molecule has 3 aliphatic rings. The van der Waals surface area contributed by atoms with Crippen molar-refractivity contribution >= 4 is 17.0 Å². The molecule has 0 aromatic carbocycles. The number of rotatable bonds is 4. The number of piperazine rings is 1. The minimum absolute atomic E-state index is 0.0725. The second kappa shape index (κ2) is 8.83. The van der Waals surface area contributed by atoms with Crippen LogP contribution in [0.15, 0.2) is 66.3 Å². The lowest BCUT2D eigenvalue weighted by Gasteiger charge is -2.36. The van der Waals surface area contributed by atoms with Crippen molar-refractivity contribution in [2.45, 2.75) is 26.7 Å². The first-order chi connectivity index (χ1) is 16.0. The number of aryl methyl sites for hydroxylation is 2. The van der Waals surface area contributed by atoms with Crippen LogP contribution in [0.4, 0.5) is 0 Å². The fraction of sp³-hybridized carbons (Fsp3) is 0.346. The van der Waals surface area contributed by atoms with Gasteiger partial charge in [0.1, 0.15) is 0 Å². The summed E-state index contributed by atoms with van der Waals surface area (Å²) in [7, 11) is 2.14. The van der Waals surface area contributed by atoms with Gasteiger partial charge >= 0.3 is 0 Å². The van der Waals surface area contributed by atoms with Crippen molar-refractivity contribution in [1.29, 1.82) is 0 Å². The molecule has 2 aromatic heterocycles. The molecular weight excluding hydrogens is 412 g/mol. The van der Waals surface area contributed by atoms with Crippen LogP contribution in [0.25, 0.3) is 11.1 Å². The summed E-state index contributed by atoms with van der Waals surface area (Å²) in [6, 6.07) is 2.04. The molecule has 0 N–H and O–H groups in total. The maximum Gasteiger partial charge on any atom is 0.255 e. The molecule has 0 bridgehead atoms. The van der Waals surface area contributed by atoms with Gasteiger partial charge < -0.3 is 9.80 Å².